The number of hydrogen-bond acceptors (Lipinski definition) is 3. The molecule has 1 aromatic heterocycles. The minimum absolute atomic E-state index is 0.0454. The summed E-state index contributed by atoms with van der Waals surface area (Å²) in [7, 11) is 0. The maximum Gasteiger partial charge on any atom is 0.222 e. The van der Waals surface area contributed by atoms with E-state index in [1.54, 1.807) is 12.1 Å². The fourth-order valence-corrected chi connectivity index (χ4v) is 1.26. The molecule has 1 aromatic carbocycles. The Balaban J connectivity index is 2.47. The molecule has 2 N–H and O–H groups in total. The van der Waals surface area contributed by atoms with E-state index >= 15 is 0 Å². The maximum absolute atomic E-state index is 12.8. The standard InChI is InChI=1S/C9H6ClFN2O/c10-6-3-5(1-2-7(6)11)8-4-9(12)14-13-8/h1-4H,12H2. The molecule has 2 aromatic rings. The normalized spacial score (nSPS) is 10.4. The summed E-state index contributed by atoms with van der Waals surface area (Å²) < 4.78 is 17.5. The summed E-state index contributed by atoms with van der Waals surface area (Å²) in [6.45, 7) is 0. The molecule has 14 heavy (non-hydrogen) atoms. The number of halogens is 2. The molecule has 0 bridgehead atoms. The molecule has 0 aliphatic heterocycles. The fourth-order valence-electron chi connectivity index (χ4n) is 1.08. The first-order valence-corrected chi connectivity index (χ1v) is 4.22. The number of hydrogen-bond donors (Lipinski definition) is 1. The van der Waals surface area contributed by atoms with Crippen molar-refractivity contribution in [2.45, 2.75) is 0 Å². The highest BCUT2D eigenvalue weighted by Gasteiger charge is 2.06. The van der Waals surface area contributed by atoms with Gasteiger partial charge in [0.25, 0.3) is 0 Å². The maximum atomic E-state index is 12.8. The highest BCUT2D eigenvalue weighted by Crippen LogP contribution is 2.24. The van der Waals surface area contributed by atoms with Crippen LogP contribution in [-0.2, 0) is 0 Å². The van der Waals surface area contributed by atoms with Crippen LogP contribution in [0, 0.1) is 5.82 Å². The molecule has 0 fully saturated rings. The minimum Gasteiger partial charge on any atom is -0.368 e. The smallest absolute Gasteiger partial charge is 0.222 e. The number of nitrogen functional groups attached to an aromatic ring is 1. The Labute approximate surface area is 84.3 Å². The summed E-state index contributed by atoms with van der Waals surface area (Å²) in [5.41, 5.74) is 6.54. The van der Waals surface area contributed by atoms with E-state index in [-0.39, 0.29) is 10.9 Å². The Kier molecular flexibility index (Phi) is 2.13. The number of aromatic nitrogens is 1. The van der Waals surface area contributed by atoms with Crippen molar-refractivity contribution in [2.24, 2.45) is 0 Å². The highest BCUT2D eigenvalue weighted by molar-refractivity contribution is 6.31. The lowest BCUT2D eigenvalue weighted by molar-refractivity contribution is 0.439. The van der Waals surface area contributed by atoms with Gasteiger partial charge in [0, 0.05) is 11.6 Å². The third kappa shape index (κ3) is 1.56. The van der Waals surface area contributed by atoms with Crippen molar-refractivity contribution < 1.29 is 8.91 Å². The van der Waals surface area contributed by atoms with Gasteiger partial charge in [-0.1, -0.05) is 16.8 Å². The van der Waals surface area contributed by atoms with Gasteiger partial charge in [0.05, 0.1) is 5.02 Å². The van der Waals surface area contributed by atoms with Crippen LogP contribution in [0.2, 0.25) is 5.02 Å². The Morgan fingerprint density at radius 1 is 1.36 bits per heavy atom. The van der Waals surface area contributed by atoms with E-state index in [1.807, 2.05) is 0 Å². The predicted molar refractivity (Wildman–Crippen MR) is 51.3 cm³/mol. The van der Waals surface area contributed by atoms with Crippen molar-refractivity contribution in [3.8, 4) is 11.3 Å². The van der Waals surface area contributed by atoms with Gasteiger partial charge in [-0.15, -0.1) is 0 Å². The van der Waals surface area contributed by atoms with Crippen molar-refractivity contribution in [3.05, 3.63) is 35.1 Å². The van der Waals surface area contributed by atoms with E-state index in [9.17, 15) is 4.39 Å². The fraction of sp³-hybridized carbons (Fsp3) is 0. The van der Waals surface area contributed by atoms with Crippen molar-refractivity contribution in [1.29, 1.82) is 0 Å². The molecule has 0 atom stereocenters. The molecule has 0 aliphatic rings. The highest BCUT2D eigenvalue weighted by atomic mass is 35.5. The van der Waals surface area contributed by atoms with E-state index in [4.69, 9.17) is 17.3 Å². The monoisotopic (exact) mass is 212 g/mol. The third-order valence-electron chi connectivity index (χ3n) is 1.74. The van der Waals surface area contributed by atoms with Crippen LogP contribution in [-0.4, -0.2) is 5.16 Å². The SMILES string of the molecule is Nc1cc(-c2ccc(F)c(Cl)c2)no1. The lowest BCUT2D eigenvalue weighted by Crippen LogP contribution is -1.80. The zero-order chi connectivity index (χ0) is 10.1. The molecule has 2 rings (SSSR count). The number of nitrogens with two attached hydrogens (primary N) is 1. The summed E-state index contributed by atoms with van der Waals surface area (Å²) in [5, 5.41) is 3.72. The van der Waals surface area contributed by atoms with Crippen molar-refractivity contribution >= 4 is 17.5 Å². The van der Waals surface area contributed by atoms with Gasteiger partial charge in [-0.3, -0.25) is 0 Å². The first-order chi connectivity index (χ1) is 6.66. The Morgan fingerprint density at radius 2 is 2.14 bits per heavy atom. The average molecular weight is 213 g/mol. The van der Waals surface area contributed by atoms with E-state index in [1.165, 1.54) is 12.1 Å². The molecule has 3 nitrogen and oxygen atoms in total. The van der Waals surface area contributed by atoms with Gasteiger partial charge in [-0.05, 0) is 18.2 Å². The summed E-state index contributed by atoms with van der Waals surface area (Å²) in [4.78, 5) is 0. The summed E-state index contributed by atoms with van der Waals surface area (Å²) in [6.07, 6.45) is 0. The molecule has 1 heterocycles. The minimum atomic E-state index is -0.466. The van der Waals surface area contributed by atoms with Crippen LogP contribution in [0.5, 0.6) is 0 Å². The van der Waals surface area contributed by atoms with Crippen molar-refractivity contribution in [2.75, 3.05) is 5.73 Å². The van der Waals surface area contributed by atoms with Crippen molar-refractivity contribution in [3.63, 3.8) is 0 Å². The Hall–Kier alpha value is -1.55. The Bertz CT molecular complexity index is 470. The molecule has 0 unspecified atom stereocenters. The van der Waals surface area contributed by atoms with E-state index in [0.29, 0.717) is 11.3 Å². The molecular formula is C9H6ClFN2O. The molecule has 0 saturated carbocycles. The van der Waals surface area contributed by atoms with Crippen LogP contribution in [0.4, 0.5) is 10.3 Å². The topological polar surface area (TPSA) is 52.0 Å². The molecule has 0 radical (unpaired) electrons. The van der Waals surface area contributed by atoms with Crippen LogP contribution in [0.25, 0.3) is 11.3 Å². The molecule has 0 spiro atoms. The van der Waals surface area contributed by atoms with Gasteiger partial charge < -0.3 is 10.3 Å². The number of benzene rings is 1. The predicted octanol–water partition coefficient (Wildman–Crippen LogP) is 2.72. The first kappa shape index (κ1) is 9.02. The molecule has 0 saturated heterocycles. The average Bonchev–Trinajstić information content (AvgIpc) is 2.57. The van der Waals surface area contributed by atoms with Crippen LogP contribution in [0.1, 0.15) is 0 Å². The van der Waals surface area contributed by atoms with Gasteiger partial charge in [-0.25, -0.2) is 4.39 Å². The van der Waals surface area contributed by atoms with Crippen LogP contribution in [0.3, 0.4) is 0 Å². The third-order valence-corrected chi connectivity index (χ3v) is 2.03. The quantitative estimate of drug-likeness (QED) is 0.791. The molecule has 0 aliphatic carbocycles. The van der Waals surface area contributed by atoms with Crippen LogP contribution in [0.15, 0.2) is 28.8 Å². The van der Waals surface area contributed by atoms with E-state index in [0.717, 1.165) is 0 Å². The number of rotatable bonds is 1. The second kappa shape index (κ2) is 3.31. The number of nitrogens with zero attached hydrogens (tertiary/aromatic N) is 1. The van der Waals surface area contributed by atoms with E-state index < -0.39 is 5.82 Å². The lowest BCUT2D eigenvalue weighted by atomic mass is 10.1. The second-order valence-corrected chi connectivity index (χ2v) is 3.15. The first-order valence-electron chi connectivity index (χ1n) is 3.84. The largest absolute Gasteiger partial charge is 0.368 e. The summed E-state index contributed by atoms with van der Waals surface area (Å²) in [6, 6.07) is 5.83. The zero-order valence-electron chi connectivity index (χ0n) is 7.00. The van der Waals surface area contributed by atoms with Crippen molar-refractivity contribution in [1.82, 2.24) is 5.16 Å². The molecular weight excluding hydrogens is 207 g/mol. The zero-order valence-corrected chi connectivity index (χ0v) is 7.75. The number of anilines is 1. The molecule has 5 heteroatoms. The van der Waals surface area contributed by atoms with E-state index in [2.05, 4.69) is 9.68 Å². The summed E-state index contributed by atoms with van der Waals surface area (Å²) >= 11 is 5.61. The second-order valence-electron chi connectivity index (χ2n) is 2.74. The van der Waals surface area contributed by atoms with Gasteiger partial charge in [0.15, 0.2) is 0 Å². The molecule has 72 valence electrons. The van der Waals surface area contributed by atoms with Crippen LogP contribution >= 0.6 is 11.6 Å². The lowest BCUT2D eigenvalue weighted by Gasteiger charge is -1.96. The molecule has 0 amide bonds. The van der Waals surface area contributed by atoms with Gasteiger partial charge in [0.2, 0.25) is 5.88 Å². The van der Waals surface area contributed by atoms with Gasteiger partial charge >= 0.3 is 0 Å². The Morgan fingerprint density at radius 3 is 2.71 bits per heavy atom. The van der Waals surface area contributed by atoms with Crippen LogP contribution < -0.4 is 5.73 Å². The summed E-state index contributed by atoms with van der Waals surface area (Å²) in [5.74, 6) is -0.257. The van der Waals surface area contributed by atoms with Gasteiger partial charge in [-0.2, -0.15) is 0 Å². The van der Waals surface area contributed by atoms with Gasteiger partial charge in [0.1, 0.15) is 11.5 Å².